The molecule has 20 heavy (non-hydrogen) atoms. The van der Waals surface area contributed by atoms with Crippen LogP contribution in [0.4, 0.5) is 18.9 Å². The van der Waals surface area contributed by atoms with Gasteiger partial charge in [-0.1, -0.05) is 23.7 Å². The van der Waals surface area contributed by atoms with E-state index in [1.807, 2.05) is 0 Å². The molecule has 0 aliphatic rings. The number of amides is 1. The Hall–Kier alpha value is -2.15. The largest absolute Gasteiger partial charge is 0.416 e. The second-order valence-electron chi connectivity index (χ2n) is 3.77. The molecule has 4 nitrogen and oxygen atoms in total. The van der Waals surface area contributed by atoms with E-state index in [0.717, 1.165) is 12.1 Å². The van der Waals surface area contributed by atoms with E-state index in [1.165, 1.54) is 18.2 Å². The molecule has 104 valence electrons. The fourth-order valence-electron chi connectivity index (χ4n) is 1.51. The van der Waals surface area contributed by atoms with E-state index in [1.54, 1.807) is 0 Å². The van der Waals surface area contributed by atoms with Crippen molar-refractivity contribution in [3.63, 3.8) is 0 Å². The highest BCUT2D eigenvalue weighted by molar-refractivity contribution is 6.32. The molecule has 0 fully saturated rings. The summed E-state index contributed by atoms with van der Waals surface area (Å²) in [5.41, 5.74) is 0.199. The maximum atomic E-state index is 12.4. The zero-order valence-electron chi connectivity index (χ0n) is 9.78. The second kappa shape index (κ2) is 5.46. The molecule has 1 heterocycles. The lowest BCUT2D eigenvalue weighted by Crippen LogP contribution is -2.04. The highest BCUT2D eigenvalue weighted by atomic mass is 35.5. The van der Waals surface area contributed by atoms with E-state index in [4.69, 9.17) is 11.6 Å². The van der Waals surface area contributed by atoms with E-state index in [9.17, 15) is 18.0 Å². The van der Waals surface area contributed by atoms with Crippen LogP contribution in [0.25, 0.3) is 11.3 Å². The summed E-state index contributed by atoms with van der Waals surface area (Å²) in [4.78, 5) is 10.4. The average molecular weight is 302 g/mol. The smallest absolute Gasteiger partial charge is 0.326 e. The molecule has 0 atom stereocenters. The van der Waals surface area contributed by atoms with Gasteiger partial charge >= 0.3 is 6.18 Å². The van der Waals surface area contributed by atoms with Crippen molar-refractivity contribution in [3.05, 3.63) is 41.0 Å². The molecule has 1 amide bonds. The molecule has 0 aliphatic carbocycles. The Balaban J connectivity index is 2.37. The summed E-state index contributed by atoms with van der Waals surface area (Å²) >= 11 is 5.70. The van der Waals surface area contributed by atoms with Crippen molar-refractivity contribution in [2.45, 2.75) is 6.18 Å². The van der Waals surface area contributed by atoms with Crippen LogP contribution < -0.4 is 5.32 Å². The minimum atomic E-state index is -4.39. The zero-order valence-corrected chi connectivity index (χ0v) is 10.5. The van der Waals surface area contributed by atoms with Crippen molar-refractivity contribution < 1.29 is 18.0 Å². The number of carbonyl (C=O) groups is 1. The molecule has 0 aliphatic heterocycles. The summed E-state index contributed by atoms with van der Waals surface area (Å²) in [5, 5.41) is 9.70. The molecule has 1 aromatic carbocycles. The summed E-state index contributed by atoms with van der Waals surface area (Å²) in [6, 6.07) is 5.85. The quantitative estimate of drug-likeness (QED) is 0.884. The molecule has 0 spiro atoms. The number of benzene rings is 1. The van der Waals surface area contributed by atoms with Crippen LogP contribution in [-0.4, -0.2) is 16.6 Å². The van der Waals surface area contributed by atoms with E-state index < -0.39 is 11.7 Å². The van der Waals surface area contributed by atoms with Crippen LogP contribution in [0.5, 0.6) is 0 Å². The first kappa shape index (κ1) is 14.3. The van der Waals surface area contributed by atoms with Crippen molar-refractivity contribution in [2.75, 3.05) is 5.32 Å². The Labute approximate surface area is 116 Å². The molecule has 0 saturated carbocycles. The first-order chi connectivity index (χ1) is 9.41. The van der Waals surface area contributed by atoms with Crippen molar-refractivity contribution >= 4 is 23.7 Å². The monoisotopic (exact) mass is 301 g/mol. The fraction of sp³-hybridized carbons (Fsp3) is 0.0833. The van der Waals surface area contributed by atoms with Gasteiger partial charge in [0, 0.05) is 5.56 Å². The van der Waals surface area contributed by atoms with Gasteiger partial charge in [0.2, 0.25) is 6.41 Å². The zero-order chi connectivity index (χ0) is 14.8. The maximum Gasteiger partial charge on any atom is 0.416 e. The van der Waals surface area contributed by atoms with Gasteiger partial charge in [-0.25, -0.2) is 0 Å². The molecule has 0 bridgehead atoms. The standard InChI is InChI=1S/C12H7ClF3N3O/c13-11-10(17-6-20)5-9(18-19-11)7-1-3-8(4-2-7)12(14,15)16/h1-6H,(H,17,18,20). The normalized spacial score (nSPS) is 11.2. The van der Waals surface area contributed by atoms with Crippen molar-refractivity contribution in [1.29, 1.82) is 0 Å². The van der Waals surface area contributed by atoms with Gasteiger partial charge in [-0.15, -0.1) is 10.2 Å². The summed E-state index contributed by atoms with van der Waals surface area (Å²) in [6.07, 6.45) is -3.98. The third-order valence-corrected chi connectivity index (χ3v) is 2.75. The number of hydrogen-bond donors (Lipinski definition) is 1. The first-order valence-corrected chi connectivity index (χ1v) is 5.70. The van der Waals surface area contributed by atoms with Crippen LogP contribution in [-0.2, 0) is 11.0 Å². The second-order valence-corrected chi connectivity index (χ2v) is 4.13. The number of nitrogens with one attached hydrogen (secondary N) is 1. The molecular formula is C12H7ClF3N3O. The molecule has 0 radical (unpaired) electrons. The topological polar surface area (TPSA) is 54.9 Å². The minimum absolute atomic E-state index is 0.00670. The number of rotatable bonds is 3. The highest BCUT2D eigenvalue weighted by Gasteiger charge is 2.30. The Kier molecular flexibility index (Phi) is 3.89. The average Bonchev–Trinajstić information content (AvgIpc) is 2.41. The molecule has 0 unspecified atom stereocenters. The van der Waals surface area contributed by atoms with Crippen molar-refractivity contribution in [3.8, 4) is 11.3 Å². The SMILES string of the molecule is O=CNc1cc(-c2ccc(C(F)(F)F)cc2)nnc1Cl. The van der Waals surface area contributed by atoms with Crippen LogP contribution in [0.3, 0.4) is 0 Å². The van der Waals surface area contributed by atoms with E-state index in [2.05, 4.69) is 15.5 Å². The lowest BCUT2D eigenvalue weighted by atomic mass is 10.1. The Bertz CT molecular complexity index is 629. The van der Waals surface area contributed by atoms with Crippen LogP contribution in [0, 0.1) is 0 Å². The Morgan fingerprint density at radius 1 is 1.15 bits per heavy atom. The number of carbonyl (C=O) groups excluding carboxylic acids is 1. The number of nitrogens with zero attached hydrogens (tertiary/aromatic N) is 2. The number of hydrogen-bond acceptors (Lipinski definition) is 3. The number of halogens is 4. The molecule has 1 aromatic heterocycles. The van der Waals surface area contributed by atoms with Crippen LogP contribution in [0.2, 0.25) is 5.15 Å². The van der Waals surface area contributed by atoms with Crippen LogP contribution in [0.1, 0.15) is 5.56 Å². The third-order valence-electron chi connectivity index (χ3n) is 2.47. The molecular weight excluding hydrogens is 295 g/mol. The molecule has 2 rings (SSSR count). The van der Waals surface area contributed by atoms with E-state index in [0.29, 0.717) is 17.7 Å². The van der Waals surface area contributed by atoms with Gasteiger partial charge < -0.3 is 5.32 Å². The highest BCUT2D eigenvalue weighted by Crippen LogP contribution is 2.31. The van der Waals surface area contributed by atoms with Gasteiger partial charge in [0.1, 0.15) is 0 Å². The number of alkyl halides is 3. The molecule has 1 N–H and O–H groups in total. The van der Waals surface area contributed by atoms with Gasteiger partial charge in [-0.3, -0.25) is 4.79 Å². The van der Waals surface area contributed by atoms with Crippen LogP contribution in [0.15, 0.2) is 30.3 Å². The fourth-order valence-corrected chi connectivity index (χ4v) is 1.66. The summed E-state index contributed by atoms with van der Waals surface area (Å²) in [6.45, 7) is 0. The molecule has 8 heteroatoms. The van der Waals surface area contributed by atoms with Gasteiger partial charge in [0.05, 0.1) is 16.9 Å². The summed E-state index contributed by atoms with van der Waals surface area (Å²) < 4.78 is 37.3. The van der Waals surface area contributed by atoms with E-state index >= 15 is 0 Å². The van der Waals surface area contributed by atoms with Gasteiger partial charge in [0.15, 0.2) is 5.15 Å². The van der Waals surface area contributed by atoms with Crippen molar-refractivity contribution in [1.82, 2.24) is 10.2 Å². The van der Waals surface area contributed by atoms with Gasteiger partial charge in [0.25, 0.3) is 0 Å². The van der Waals surface area contributed by atoms with Gasteiger partial charge in [-0.2, -0.15) is 13.2 Å². The summed E-state index contributed by atoms with van der Waals surface area (Å²) in [5.74, 6) is 0. The predicted molar refractivity (Wildman–Crippen MR) is 67.2 cm³/mol. The molecule has 2 aromatic rings. The lowest BCUT2D eigenvalue weighted by Gasteiger charge is -2.08. The van der Waals surface area contributed by atoms with E-state index in [-0.39, 0.29) is 10.8 Å². The maximum absolute atomic E-state index is 12.4. The lowest BCUT2D eigenvalue weighted by molar-refractivity contribution is -0.137. The summed E-state index contributed by atoms with van der Waals surface area (Å²) in [7, 11) is 0. The number of aromatic nitrogens is 2. The van der Waals surface area contributed by atoms with Crippen molar-refractivity contribution in [2.24, 2.45) is 0 Å². The van der Waals surface area contributed by atoms with Gasteiger partial charge in [-0.05, 0) is 18.2 Å². The Morgan fingerprint density at radius 3 is 2.35 bits per heavy atom. The first-order valence-electron chi connectivity index (χ1n) is 5.33. The predicted octanol–water partition coefficient (Wildman–Crippen LogP) is 3.38. The minimum Gasteiger partial charge on any atom is -0.326 e. The molecule has 0 saturated heterocycles. The number of anilines is 1. The Morgan fingerprint density at radius 2 is 1.80 bits per heavy atom. The van der Waals surface area contributed by atoms with Crippen LogP contribution >= 0.6 is 11.6 Å². The third kappa shape index (κ3) is 3.05.